The van der Waals surface area contributed by atoms with Crippen molar-refractivity contribution in [2.24, 2.45) is 5.92 Å². The predicted molar refractivity (Wildman–Crippen MR) is 81.1 cm³/mol. The van der Waals surface area contributed by atoms with Gasteiger partial charge in [0.1, 0.15) is 5.82 Å². The maximum atomic E-state index is 13.3. The number of benzene rings is 1. The molecule has 2 unspecified atom stereocenters. The van der Waals surface area contributed by atoms with Crippen LogP contribution in [-0.2, 0) is 10.0 Å². The van der Waals surface area contributed by atoms with Crippen LogP contribution in [-0.4, -0.2) is 27.5 Å². The quantitative estimate of drug-likeness (QED) is 0.876. The summed E-state index contributed by atoms with van der Waals surface area (Å²) in [6.07, 6.45) is 3.28. The van der Waals surface area contributed by atoms with E-state index in [0.29, 0.717) is 18.0 Å². The van der Waals surface area contributed by atoms with Gasteiger partial charge in [-0.25, -0.2) is 17.5 Å². The molecule has 118 valence electrons. The van der Waals surface area contributed by atoms with Crippen molar-refractivity contribution < 1.29 is 12.8 Å². The molecule has 1 aliphatic heterocycles. The van der Waals surface area contributed by atoms with Crippen molar-refractivity contribution in [3.8, 4) is 0 Å². The van der Waals surface area contributed by atoms with Gasteiger partial charge in [-0.3, -0.25) is 0 Å². The molecule has 6 heteroatoms. The third kappa shape index (κ3) is 4.02. The fourth-order valence-electron chi connectivity index (χ4n) is 2.89. The van der Waals surface area contributed by atoms with Gasteiger partial charge >= 0.3 is 0 Å². The highest BCUT2D eigenvalue weighted by Gasteiger charge is 2.25. The van der Waals surface area contributed by atoms with Gasteiger partial charge in [-0.15, -0.1) is 0 Å². The van der Waals surface area contributed by atoms with Gasteiger partial charge in [0.15, 0.2) is 0 Å². The fourth-order valence-corrected chi connectivity index (χ4v) is 4.20. The number of hydrogen-bond donors (Lipinski definition) is 2. The van der Waals surface area contributed by atoms with Crippen molar-refractivity contribution in [1.82, 2.24) is 10.0 Å². The molecule has 1 fully saturated rings. The number of rotatable bonds is 5. The summed E-state index contributed by atoms with van der Waals surface area (Å²) in [4.78, 5) is 0.0198. The lowest BCUT2D eigenvalue weighted by molar-refractivity contribution is 0.273. The van der Waals surface area contributed by atoms with Crippen molar-refractivity contribution in [2.45, 2.75) is 44.0 Å². The summed E-state index contributed by atoms with van der Waals surface area (Å²) in [5.41, 5.74) is 0.549. The van der Waals surface area contributed by atoms with Gasteiger partial charge in [0, 0.05) is 12.6 Å². The topological polar surface area (TPSA) is 58.2 Å². The van der Waals surface area contributed by atoms with Gasteiger partial charge in [-0.05, 0) is 49.9 Å². The number of hydrogen-bond acceptors (Lipinski definition) is 3. The van der Waals surface area contributed by atoms with Crippen LogP contribution in [0, 0.1) is 18.7 Å². The first-order valence-corrected chi connectivity index (χ1v) is 8.91. The zero-order valence-corrected chi connectivity index (χ0v) is 13.3. The number of sulfonamides is 1. The predicted octanol–water partition coefficient (Wildman–Crippen LogP) is 2.19. The Labute approximate surface area is 126 Å². The second-order valence-corrected chi connectivity index (χ2v) is 7.37. The Morgan fingerprint density at radius 1 is 1.43 bits per heavy atom. The summed E-state index contributed by atoms with van der Waals surface area (Å²) in [6, 6.07) is 3.97. The highest BCUT2D eigenvalue weighted by molar-refractivity contribution is 7.89. The van der Waals surface area contributed by atoms with E-state index in [-0.39, 0.29) is 10.9 Å². The lowest BCUT2D eigenvalue weighted by Crippen LogP contribution is -2.48. The molecule has 0 amide bonds. The van der Waals surface area contributed by atoms with E-state index < -0.39 is 15.8 Å². The smallest absolute Gasteiger partial charge is 0.240 e. The van der Waals surface area contributed by atoms with Crippen LogP contribution < -0.4 is 10.0 Å². The van der Waals surface area contributed by atoms with Gasteiger partial charge in [0.25, 0.3) is 0 Å². The number of piperidine rings is 1. The van der Waals surface area contributed by atoms with Gasteiger partial charge in [0.05, 0.1) is 4.90 Å². The monoisotopic (exact) mass is 314 g/mol. The molecule has 1 saturated heterocycles. The van der Waals surface area contributed by atoms with Crippen LogP contribution in [0.25, 0.3) is 0 Å². The van der Waals surface area contributed by atoms with Gasteiger partial charge in [-0.2, -0.15) is 0 Å². The van der Waals surface area contributed by atoms with Gasteiger partial charge < -0.3 is 5.32 Å². The zero-order valence-electron chi connectivity index (χ0n) is 12.5. The molecule has 1 aromatic carbocycles. The minimum atomic E-state index is -3.67. The standard InChI is InChI=1S/C15H23FN2O2S/c1-3-12-5-4-8-17-14(12)10-18-21(19,20)15-9-13(16)7-6-11(15)2/h6-7,9,12,14,17-18H,3-5,8,10H2,1-2H3. The Balaban J connectivity index is 2.09. The average molecular weight is 314 g/mol. The SMILES string of the molecule is CCC1CCCNC1CNS(=O)(=O)c1cc(F)ccc1C. The Kier molecular flexibility index (Phi) is 5.35. The number of nitrogens with one attached hydrogen (secondary N) is 2. The lowest BCUT2D eigenvalue weighted by atomic mass is 9.89. The third-order valence-electron chi connectivity index (χ3n) is 4.18. The van der Waals surface area contributed by atoms with Gasteiger partial charge in [0.2, 0.25) is 10.0 Å². The molecular formula is C15H23FN2O2S. The summed E-state index contributed by atoms with van der Waals surface area (Å²) in [7, 11) is -3.67. The van der Waals surface area contributed by atoms with E-state index >= 15 is 0 Å². The minimum absolute atomic E-state index is 0.0198. The van der Waals surface area contributed by atoms with E-state index in [4.69, 9.17) is 0 Å². The molecular weight excluding hydrogens is 291 g/mol. The van der Waals surface area contributed by atoms with Crippen LogP contribution in [0.4, 0.5) is 4.39 Å². The maximum Gasteiger partial charge on any atom is 0.240 e. The fraction of sp³-hybridized carbons (Fsp3) is 0.600. The molecule has 0 bridgehead atoms. The minimum Gasteiger partial charge on any atom is -0.312 e. The van der Waals surface area contributed by atoms with Gasteiger partial charge in [-0.1, -0.05) is 19.4 Å². The van der Waals surface area contributed by atoms with Crippen molar-refractivity contribution >= 4 is 10.0 Å². The first kappa shape index (κ1) is 16.4. The van der Waals surface area contributed by atoms with Crippen molar-refractivity contribution in [2.75, 3.05) is 13.1 Å². The molecule has 2 atom stereocenters. The van der Waals surface area contributed by atoms with E-state index in [1.165, 1.54) is 12.1 Å². The Bertz CT molecular complexity index is 589. The maximum absolute atomic E-state index is 13.3. The first-order chi connectivity index (χ1) is 9.94. The summed E-state index contributed by atoms with van der Waals surface area (Å²) in [5, 5.41) is 3.37. The van der Waals surface area contributed by atoms with Crippen LogP contribution in [0.3, 0.4) is 0 Å². The van der Waals surface area contributed by atoms with E-state index in [1.54, 1.807) is 6.92 Å². The average Bonchev–Trinajstić information content (AvgIpc) is 2.48. The summed E-state index contributed by atoms with van der Waals surface area (Å²) in [5.74, 6) is -0.0572. The van der Waals surface area contributed by atoms with E-state index in [2.05, 4.69) is 17.0 Å². The highest BCUT2D eigenvalue weighted by Crippen LogP contribution is 2.20. The van der Waals surface area contributed by atoms with Crippen LogP contribution in [0.5, 0.6) is 0 Å². The molecule has 2 N–H and O–H groups in total. The van der Waals surface area contributed by atoms with Crippen LogP contribution in [0.1, 0.15) is 31.7 Å². The number of halogens is 1. The summed E-state index contributed by atoms with van der Waals surface area (Å²) >= 11 is 0. The molecule has 1 aliphatic rings. The van der Waals surface area contributed by atoms with E-state index in [1.807, 2.05) is 0 Å². The molecule has 0 radical (unpaired) electrons. The lowest BCUT2D eigenvalue weighted by Gasteiger charge is -2.32. The second kappa shape index (κ2) is 6.85. The molecule has 1 aromatic rings. The molecule has 2 rings (SSSR count). The molecule has 0 aromatic heterocycles. The third-order valence-corrected chi connectivity index (χ3v) is 5.75. The molecule has 4 nitrogen and oxygen atoms in total. The Hall–Kier alpha value is -0.980. The first-order valence-electron chi connectivity index (χ1n) is 7.43. The molecule has 21 heavy (non-hydrogen) atoms. The van der Waals surface area contributed by atoms with Crippen molar-refractivity contribution in [3.05, 3.63) is 29.6 Å². The molecule has 0 aliphatic carbocycles. The zero-order chi connectivity index (χ0) is 15.5. The molecule has 0 saturated carbocycles. The Morgan fingerprint density at radius 2 is 2.19 bits per heavy atom. The van der Waals surface area contributed by atoms with Crippen LogP contribution in [0.15, 0.2) is 23.1 Å². The largest absolute Gasteiger partial charge is 0.312 e. The van der Waals surface area contributed by atoms with Crippen LogP contribution in [0.2, 0.25) is 0 Å². The van der Waals surface area contributed by atoms with Crippen molar-refractivity contribution in [1.29, 1.82) is 0 Å². The van der Waals surface area contributed by atoms with Crippen molar-refractivity contribution in [3.63, 3.8) is 0 Å². The highest BCUT2D eigenvalue weighted by atomic mass is 32.2. The molecule has 1 heterocycles. The van der Waals surface area contributed by atoms with E-state index in [9.17, 15) is 12.8 Å². The molecule has 0 spiro atoms. The summed E-state index contributed by atoms with van der Waals surface area (Å²) in [6.45, 7) is 5.05. The number of aryl methyl sites for hydroxylation is 1. The Morgan fingerprint density at radius 3 is 2.90 bits per heavy atom. The summed E-state index contributed by atoms with van der Waals surface area (Å²) < 4.78 is 40.6. The van der Waals surface area contributed by atoms with E-state index in [0.717, 1.165) is 31.9 Å². The second-order valence-electron chi connectivity index (χ2n) is 5.63. The normalized spacial score (nSPS) is 23.2. The van der Waals surface area contributed by atoms with Crippen LogP contribution >= 0.6 is 0 Å².